The lowest BCUT2D eigenvalue weighted by Gasteiger charge is -2.10. The quantitative estimate of drug-likeness (QED) is 0.584. The molecule has 1 atom stereocenters. The van der Waals surface area contributed by atoms with Gasteiger partial charge in [0.05, 0.1) is 0 Å². The zero-order valence-corrected chi connectivity index (χ0v) is 10.2. The average molecular weight is 234 g/mol. The van der Waals surface area contributed by atoms with Crippen LogP contribution in [0.3, 0.4) is 0 Å². The number of carbonyl (C=O) groups is 1. The Morgan fingerprint density at radius 2 is 2.06 bits per heavy atom. The van der Waals surface area contributed by atoms with Crippen molar-refractivity contribution < 1.29 is 9.90 Å². The van der Waals surface area contributed by atoms with Crippen molar-refractivity contribution in [3.8, 4) is 0 Å². The van der Waals surface area contributed by atoms with Crippen LogP contribution < -0.4 is 5.43 Å². The maximum absolute atomic E-state index is 10.5. The van der Waals surface area contributed by atoms with Crippen LogP contribution in [0.4, 0.5) is 0 Å². The maximum atomic E-state index is 10.5. The van der Waals surface area contributed by atoms with Gasteiger partial charge in [-0.15, -0.1) is 0 Å². The van der Waals surface area contributed by atoms with Crippen LogP contribution in [-0.4, -0.2) is 23.3 Å². The van der Waals surface area contributed by atoms with Crippen LogP contribution >= 0.6 is 0 Å². The predicted molar refractivity (Wildman–Crippen MR) is 68.1 cm³/mol. The second-order valence-corrected chi connectivity index (χ2v) is 4.16. The number of carboxylic acid groups (broad SMARTS) is 1. The van der Waals surface area contributed by atoms with E-state index < -0.39 is 5.97 Å². The lowest BCUT2D eigenvalue weighted by molar-refractivity contribution is -0.129. The molecule has 0 saturated carbocycles. The van der Waals surface area contributed by atoms with Gasteiger partial charge in [-0.3, -0.25) is 0 Å². The monoisotopic (exact) mass is 234 g/mol. The Hall–Kier alpha value is -1.84. The fourth-order valence-electron chi connectivity index (χ4n) is 1.46. The number of nitrogens with one attached hydrogen (secondary N) is 1. The molecule has 0 saturated heterocycles. The molecule has 0 aliphatic heterocycles. The molecule has 4 heteroatoms. The van der Waals surface area contributed by atoms with Gasteiger partial charge in [0, 0.05) is 6.54 Å². The van der Waals surface area contributed by atoms with E-state index in [0.717, 1.165) is 6.42 Å². The van der Waals surface area contributed by atoms with E-state index in [4.69, 9.17) is 5.11 Å². The van der Waals surface area contributed by atoms with Gasteiger partial charge < -0.3 is 10.5 Å². The van der Waals surface area contributed by atoms with Gasteiger partial charge in [-0.05, 0) is 24.8 Å². The van der Waals surface area contributed by atoms with E-state index in [1.165, 1.54) is 12.5 Å². The normalized spacial score (nSPS) is 13.2. The largest absolute Gasteiger partial charge is 0.477 e. The molecule has 17 heavy (non-hydrogen) atoms. The summed E-state index contributed by atoms with van der Waals surface area (Å²) >= 11 is 0. The molecule has 0 amide bonds. The highest BCUT2D eigenvalue weighted by atomic mass is 16.4. The van der Waals surface area contributed by atoms with E-state index in [1.54, 1.807) is 0 Å². The molecule has 1 aromatic carbocycles. The van der Waals surface area contributed by atoms with E-state index in [2.05, 4.69) is 29.6 Å². The number of carboxylic acids is 1. The third kappa shape index (κ3) is 5.15. The molecule has 0 aliphatic carbocycles. The topological polar surface area (TPSA) is 61.7 Å². The van der Waals surface area contributed by atoms with Crippen molar-refractivity contribution in [1.29, 1.82) is 0 Å². The second kappa shape index (κ2) is 6.68. The molecule has 92 valence electrons. The average Bonchev–Trinajstić information content (AvgIpc) is 2.30. The van der Waals surface area contributed by atoms with Crippen LogP contribution in [0.25, 0.3) is 0 Å². The van der Waals surface area contributed by atoms with Gasteiger partial charge >= 0.3 is 5.97 Å². The first-order chi connectivity index (χ1) is 8.09. The molecule has 4 nitrogen and oxygen atoms in total. The van der Waals surface area contributed by atoms with Gasteiger partial charge in [0.2, 0.25) is 0 Å². The molecular formula is C13H18N2O2. The van der Waals surface area contributed by atoms with E-state index in [9.17, 15) is 4.79 Å². The SMILES string of the molecule is C/C(=N/NCC(C)Cc1ccccc1)C(=O)O. The molecule has 0 bridgehead atoms. The van der Waals surface area contributed by atoms with Crippen molar-refractivity contribution in [2.75, 3.05) is 6.54 Å². The molecule has 0 radical (unpaired) electrons. The summed E-state index contributed by atoms with van der Waals surface area (Å²) in [5, 5.41) is 12.4. The van der Waals surface area contributed by atoms with E-state index >= 15 is 0 Å². The molecule has 0 aromatic heterocycles. The van der Waals surface area contributed by atoms with Crippen LogP contribution in [0.2, 0.25) is 0 Å². The Kier molecular flexibility index (Phi) is 5.20. The Morgan fingerprint density at radius 1 is 1.41 bits per heavy atom. The minimum Gasteiger partial charge on any atom is -0.477 e. The molecule has 1 aromatic rings. The zero-order chi connectivity index (χ0) is 12.7. The highest BCUT2D eigenvalue weighted by Crippen LogP contribution is 2.06. The van der Waals surface area contributed by atoms with Crippen LogP contribution in [0, 0.1) is 5.92 Å². The van der Waals surface area contributed by atoms with Crippen LogP contribution in [0.1, 0.15) is 19.4 Å². The third-order valence-electron chi connectivity index (χ3n) is 2.42. The molecule has 0 aliphatic rings. The summed E-state index contributed by atoms with van der Waals surface area (Å²) in [6.07, 6.45) is 0.954. The fraction of sp³-hybridized carbons (Fsp3) is 0.385. The molecule has 1 unspecified atom stereocenters. The van der Waals surface area contributed by atoms with Crippen LogP contribution in [0.5, 0.6) is 0 Å². The van der Waals surface area contributed by atoms with Gasteiger partial charge in [0.25, 0.3) is 0 Å². The van der Waals surface area contributed by atoms with Gasteiger partial charge in [-0.25, -0.2) is 4.79 Å². The van der Waals surface area contributed by atoms with Crippen molar-refractivity contribution in [3.05, 3.63) is 35.9 Å². The number of rotatable bonds is 6. The Balaban J connectivity index is 2.34. The smallest absolute Gasteiger partial charge is 0.351 e. The number of nitrogens with zero attached hydrogens (tertiary/aromatic N) is 1. The molecule has 1 rings (SSSR count). The number of aliphatic carboxylic acids is 1. The molecule has 0 heterocycles. The van der Waals surface area contributed by atoms with E-state index in [0.29, 0.717) is 12.5 Å². The lowest BCUT2D eigenvalue weighted by Crippen LogP contribution is -2.21. The molecule has 0 fully saturated rings. The standard InChI is InChI=1S/C13H18N2O2/c1-10(8-12-6-4-3-5-7-12)9-14-15-11(2)13(16)17/h3-7,10,14H,8-9H2,1-2H3,(H,16,17)/b15-11-. The number of hydrogen-bond acceptors (Lipinski definition) is 3. The fourth-order valence-corrected chi connectivity index (χ4v) is 1.46. The van der Waals surface area contributed by atoms with Crippen molar-refractivity contribution in [1.82, 2.24) is 5.43 Å². The summed E-state index contributed by atoms with van der Waals surface area (Å²) in [6, 6.07) is 10.2. The Morgan fingerprint density at radius 3 is 2.65 bits per heavy atom. The second-order valence-electron chi connectivity index (χ2n) is 4.16. The van der Waals surface area contributed by atoms with Crippen molar-refractivity contribution in [2.24, 2.45) is 11.0 Å². The summed E-state index contributed by atoms with van der Waals surface area (Å²) in [5.74, 6) is -0.587. The lowest BCUT2D eigenvalue weighted by atomic mass is 10.0. The van der Waals surface area contributed by atoms with Crippen molar-refractivity contribution >= 4 is 11.7 Å². The first kappa shape index (κ1) is 13.2. The highest BCUT2D eigenvalue weighted by molar-refractivity contribution is 6.34. The van der Waals surface area contributed by atoms with Gasteiger partial charge in [-0.1, -0.05) is 37.3 Å². The summed E-state index contributed by atoms with van der Waals surface area (Å²) in [6.45, 7) is 4.24. The number of hydrogen-bond donors (Lipinski definition) is 2. The van der Waals surface area contributed by atoms with Crippen LogP contribution in [-0.2, 0) is 11.2 Å². The Bertz CT molecular complexity index is 388. The first-order valence-electron chi connectivity index (χ1n) is 5.64. The number of hydrazone groups is 1. The summed E-state index contributed by atoms with van der Waals surface area (Å²) in [7, 11) is 0. The zero-order valence-electron chi connectivity index (χ0n) is 10.2. The minimum atomic E-state index is -0.992. The van der Waals surface area contributed by atoms with Crippen LogP contribution in [0.15, 0.2) is 35.4 Å². The summed E-state index contributed by atoms with van der Waals surface area (Å²) in [5.41, 5.74) is 4.15. The van der Waals surface area contributed by atoms with E-state index in [-0.39, 0.29) is 5.71 Å². The van der Waals surface area contributed by atoms with E-state index in [1.807, 2.05) is 18.2 Å². The van der Waals surface area contributed by atoms with Gasteiger partial charge in [0.15, 0.2) is 0 Å². The molecular weight excluding hydrogens is 216 g/mol. The minimum absolute atomic E-state index is 0.0805. The summed E-state index contributed by atoms with van der Waals surface area (Å²) in [4.78, 5) is 10.5. The van der Waals surface area contributed by atoms with Crippen molar-refractivity contribution in [2.45, 2.75) is 20.3 Å². The van der Waals surface area contributed by atoms with Gasteiger partial charge in [0.1, 0.15) is 5.71 Å². The molecule has 2 N–H and O–H groups in total. The third-order valence-corrected chi connectivity index (χ3v) is 2.42. The van der Waals surface area contributed by atoms with Crippen molar-refractivity contribution in [3.63, 3.8) is 0 Å². The summed E-state index contributed by atoms with van der Waals surface area (Å²) < 4.78 is 0. The maximum Gasteiger partial charge on any atom is 0.351 e. The first-order valence-corrected chi connectivity index (χ1v) is 5.64. The molecule has 0 spiro atoms. The van der Waals surface area contributed by atoms with Gasteiger partial charge in [-0.2, -0.15) is 5.10 Å². The predicted octanol–water partition coefficient (Wildman–Crippen LogP) is 1.92. The number of benzene rings is 1. The highest BCUT2D eigenvalue weighted by Gasteiger charge is 2.04. The Labute approximate surface area is 101 Å².